The number of ether oxygens (including phenoxy) is 1. The molecule has 2 nitrogen and oxygen atoms in total. The summed E-state index contributed by atoms with van der Waals surface area (Å²) in [6.45, 7) is 9.62. The molecule has 1 rings (SSSR count). The van der Waals surface area contributed by atoms with Crippen LogP contribution in [0, 0.1) is 5.92 Å². The maximum atomic E-state index is 5.79. The molecule has 0 radical (unpaired) electrons. The monoisotopic (exact) mass is 157 g/mol. The molecule has 1 N–H and O–H groups in total. The molecule has 1 atom stereocenters. The summed E-state index contributed by atoms with van der Waals surface area (Å²) in [6, 6.07) is 0. The van der Waals surface area contributed by atoms with Crippen molar-refractivity contribution in [2.75, 3.05) is 19.7 Å². The van der Waals surface area contributed by atoms with Crippen LogP contribution in [0.25, 0.3) is 0 Å². The van der Waals surface area contributed by atoms with E-state index in [1.165, 1.54) is 0 Å². The third-order valence-electron chi connectivity index (χ3n) is 2.73. The van der Waals surface area contributed by atoms with Crippen LogP contribution in [0.4, 0.5) is 0 Å². The van der Waals surface area contributed by atoms with E-state index < -0.39 is 0 Å². The SMILES string of the molecule is CC(C)C1(C)CCNCCO1. The van der Waals surface area contributed by atoms with Gasteiger partial charge in [0, 0.05) is 6.54 Å². The Kier molecular flexibility index (Phi) is 2.90. The predicted octanol–water partition coefficient (Wildman–Crippen LogP) is 1.41. The van der Waals surface area contributed by atoms with Gasteiger partial charge in [-0.05, 0) is 25.8 Å². The third-order valence-corrected chi connectivity index (χ3v) is 2.73. The van der Waals surface area contributed by atoms with Crippen LogP contribution < -0.4 is 5.32 Å². The minimum absolute atomic E-state index is 0.101. The zero-order chi connectivity index (χ0) is 8.32. The molecular formula is C9H19NO. The van der Waals surface area contributed by atoms with Gasteiger partial charge in [-0.3, -0.25) is 0 Å². The van der Waals surface area contributed by atoms with Gasteiger partial charge in [-0.25, -0.2) is 0 Å². The lowest BCUT2D eigenvalue weighted by Crippen LogP contribution is -2.35. The Bertz CT molecular complexity index is 115. The highest BCUT2D eigenvalue weighted by Crippen LogP contribution is 2.25. The molecule has 1 aliphatic rings. The third kappa shape index (κ3) is 2.17. The van der Waals surface area contributed by atoms with Gasteiger partial charge in [-0.15, -0.1) is 0 Å². The Morgan fingerprint density at radius 3 is 2.73 bits per heavy atom. The van der Waals surface area contributed by atoms with Gasteiger partial charge in [0.2, 0.25) is 0 Å². The number of rotatable bonds is 1. The molecule has 0 amide bonds. The van der Waals surface area contributed by atoms with Crippen LogP contribution in [0.5, 0.6) is 0 Å². The molecule has 0 aliphatic carbocycles. The lowest BCUT2D eigenvalue weighted by Gasteiger charge is -2.32. The molecule has 0 aromatic rings. The van der Waals surface area contributed by atoms with Crippen molar-refractivity contribution in [3.8, 4) is 0 Å². The number of hydrogen-bond acceptors (Lipinski definition) is 2. The van der Waals surface area contributed by atoms with Gasteiger partial charge in [-0.2, -0.15) is 0 Å². The quantitative estimate of drug-likeness (QED) is 0.621. The first-order chi connectivity index (χ1) is 5.15. The van der Waals surface area contributed by atoms with Crippen molar-refractivity contribution >= 4 is 0 Å². The van der Waals surface area contributed by atoms with E-state index in [0.29, 0.717) is 5.92 Å². The van der Waals surface area contributed by atoms with Gasteiger partial charge >= 0.3 is 0 Å². The summed E-state index contributed by atoms with van der Waals surface area (Å²) in [5, 5.41) is 3.33. The average molecular weight is 157 g/mol. The fourth-order valence-corrected chi connectivity index (χ4v) is 1.35. The van der Waals surface area contributed by atoms with E-state index >= 15 is 0 Å². The van der Waals surface area contributed by atoms with Crippen LogP contribution in [0.3, 0.4) is 0 Å². The van der Waals surface area contributed by atoms with E-state index in [9.17, 15) is 0 Å². The highest BCUT2D eigenvalue weighted by molar-refractivity contribution is 4.81. The van der Waals surface area contributed by atoms with Crippen molar-refractivity contribution in [1.29, 1.82) is 0 Å². The second-order valence-corrected chi connectivity index (χ2v) is 3.82. The molecule has 1 saturated heterocycles. The standard InChI is InChI=1S/C9H19NO/c1-8(2)9(3)4-5-10-6-7-11-9/h8,10H,4-7H2,1-3H3. The van der Waals surface area contributed by atoms with E-state index in [0.717, 1.165) is 26.1 Å². The van der Waals surface area contributed by atoms with Gasteiger partial charge in [0.25, 0.3) is 0 Å². The van der Waals surface area contributed by atoms with Gasteiger partial charge in [0.1, 0.15) is 0 Å². The van der Waals surface area contributed by atoms with Crippen molar-refractivity contribution in [1.82, 2.24) is 5.32 Å². The summed E-state index contributed by atoms with van der Waals surface area (Å²) < 4.78 is 5.79. The molecule has 11 heavy (non-hydrogen) atoms. The molecular weight excluding hydrogens is 138 g/mol. The Labute approximate surface area is 69.3 Å². The Morgan fingerprint density at radius 2 is 2.09 bits per heavy atom. The lowest BCUT2D eigenvalue weighted by atomic mass is 9.89. The van der Waals surface area contributed by atoms with E-state index in [4.69, 9.17) is 4.74 Å². The Balaban J connectivity index is 2.52. The first-order valence-corrected chi connectivity index (χ1v) is 4.50. The van der Waals surface area contributed by atoms with Crippen LogP contribution in [0.2, 0.25) is 0 Å². The largest absolute Gasteiger partial charge is 0.374 e. The zero-order valence-electron chi connectivity index (χ0n) is 7.81. The Hall–Kier alpha value is -0.0800. The fraction of sp³-hybridized carbons (Fsp3) is 1.00. The maximum absolute atomic E-state index is 5.79. The summed E-state index contributed by atoms with van der Waals surface area (Å²) in [6.07, 6.45) is 1.13. The van der Waals surface area contributed by atoms with Crippen LogP contribution in [-0.4, -0.2) is 25.3 Å². The second-order valence-electron chi connectivity index (χ2n) is 3.82. The van der Waals surface area contributed by atoms with Crippen molar-refractivity contribution < 1.29 is 4.74 Å². The predicted molar refractivity (Wildman–Crippen MR) is 46.7 cm³/mol. The molecule has 1 fully saturated rings. The van der Waals surface area contributed by atoms with Gasteiger partial charge in [0.05, 0.1) is 12.2 Å². The highest BCUT2D eigenvalue weighted by atomic mass is 16.5. The van der Waals surface area contributed by atoms with Gasteiger partial charge < -0.3 is 10.1 Å². The van der Waals surface area contributed by atoms with E-state index in [1.54, 1.807) is 0 Å². The molecule has 0 saturated carbocycles. The summed E-state index contributed by atoms with van der Waals surface area (Å²) in [5.41, 5.74) is 0.101. The topological polar surface area (TPSA) is 21.3 Å². The molecule has 0 aromatic heterocycles. The summed E-state index contributed by atoms with van der Waals surface area (Å²) >= 11 is 0. The van der Waals surface area contributed by atoms with E-state index in [1.807, 2.05) is 0 Å². The van der Waals surface area contributed by atoms with Crippen LogP contribution >= 0.6 is 0 Å². The molecule has 0 bridgehead atoms. The van der Waals surface area contributed by atoms with Crippen LogP contribution in [0.15, 0.2) is 0 Å². The minimum atomic E-state index is 0.101. The molecule has 1 unspecified atom stereocenters. The molecule has 66 valence electrons. The first kappa shape index (κ1) is 9.01. The van der Waals surface area contributed by atoms with Gasteiger partial charge in [0.15, 0.2) is 0 Å². The van der Waals surface area contributed by atoms with Crippen molar-refractivity contribution in [3.63, 3.8) is 0 Å². The van der Waals surface area contributed by atoms with E-state index in [2.05, 4.69) is 26.1 Å². The number of hydrogen-bond donors (Lipinski definition) is 1. The van der Waals surface area contributed by atoms with Crippen LogP contribution in [-0.2, 0) is 4.74 Å². The normalized spacial score (nSPS) is 33.8. The average Bonchev–Trinajstić information content (AvgIpc) is 2.15. The fourth-order valence-electron chi connectivity index (χ4n) is 1.35. The second kappa shape index (κ2) is 3.55. The number of nitrogens with one attached hydrogen (secondary N) is 1. The van der Waals surface area contributed by atoms with Crippen molar-refractivity contribution in [2.24, 2.45) is 5.92 Å². The van der Waals surface area contributed by atoms with Gasteiger partial charge in [-0.1, -0.05) is 13.8 Å². The molecule has 2 heteroatoms. The molecule has 1 heterocycles. The lowest BCUT2D eigenvalue weighted by molar-refractivity contribution is -0.0568. The summed E-state index contributed by atoms with van der Waals surface area (Å²) in [7, 11) is 0. The van der Waals surface area contributed by atoms with Crippen molar-refractivity contribution in [3.05, 3.63) is 0 Å². The zero-order valence-corrected chi connectivity index (χ0v) is 7.81. The van der Waals surface area contributed by atoms with Crippen molar-refractivity contribution in [2.45, 2.75) is 32.8 Å². The van der Waals surface area contributed by atoms with Crippen LogP contribution in [0.1, 0.15) is 27.2 Å². The highest BCUT2D eigenvalue weighted by Gasteiger charge is 2.29. The summed E-state index contributed by atoms with van der Waals surface area (Å²) in [5.74, 6) is 0.613. The van der Waals surface area contributed by atoms with E-state index in [-0.39, 0.29) is 5.60 Å². The maximum Gasteiger partial charge on any atom is 0.0690 e. The molecule has 0 aromatic carbocycles. The Morgan fingerprint density at radius 1 is 1.36 bits per heavy atom. The summed E-state index contributed by atoms with van der Waals surface area (Å²) in [4.78, 5) is 0. The smallest absolute Gasteiger partial charge is 0.0690 e. The minimum Gasteiger partial charge on any atom is -0.374 e. The molecule has 0 spiro atoms. The molecule has 1 aliphatic heterocycles. The first-order valence-electron chi connectivity index (χ1n) is 4.50.